The number of aromatic nitrogens is 1. The number of unbranched alkanes of at least 4 members (excludes halogenated alkanes) is 1. The predicted molar refractivity (Wildman–Crippen MR) is 86.5 cm³/mol. The van der Waals surface area contributed by atoms with Crippen LogP contribution in [0.25, 0.3) is 10.9 Å². The highest BCUT2D eigenvalue weighted by molar-refractivity contribution is 5.83. The quantitative estimate of drug-likeness (QED) is 0.675. The van der Waals surface area contributed by atoms with Crippen LogP contribution in [0, 0.1) is 18.8 Å². The van der Waals surface area contributed by atoms with Crippen molar-refractivity contribution in [3.05, 3.63) is 45.7 Å². The summed E-state index contributed by atoms with van der Waals surface area (Å²) in [5.41, 5.74) is 2.27. The molecule has 1 aromatic carbocycles. The number of aromatic amines is 1. The predicted octanol–water partition coefficient (Wildman–Crippen LogP) is 3.39. The molecule has 0 saturated heterocycles. The maximum absolute atomic E-state index is 12.1. The molecule has 3 heteroatoms. The number of aryl methyl sites for hydroxylation is 1. The second-order valence-electron chi connectivity index (χ2n) is 5.02. The van der Waals surface area contributed by atoms with Crippen LogP contribution in [-0.4, -0.2) is 18.2 Å². The van der Waals surface area contributed by atoms with Gasteiger partial charge in [0, 0.05) is 30.5 Å². The van der Waals surface area contributed by atoms with Gasteiger partial charge < -0.3 is 9.72 Å². The Morgan fingerprint density at radius 3 is 2.86 bits per heavy atom. The first kappa shape index (κ1) is 15.3. The van der Waals surface area contributed by atoms with Gasteiger partial charge in [-0.15, -0.1) is 0 Å². The van der Waals surface area contributed by atoms with Gasteiger partial charge in [-0.25, -0.2) is 0 Å². The topological polar surface area (TPSA) is 42.1 Å². The first-order valence-corrected chi connectivity index (χ1v) is 7.42. The average molecular weight is 283 g/mol. The number of hydrogen-bond donors (Lipinski definition) is 1. The van der Waals surface area contributed by atoms with Crippen molar-refractivity contribution in [2.45, 2.75) is 33.1 Å². The van der Waals surface area contributed by atoms with Gasteiger partial charge in [-0.3, -0.25) is 4.79 Å². The second-order valence-corrected chi connectivity index (χ2v) is 5.02. The number of rotatable bonds is 5. The van der Waals surface area contributed by atoms with Crippen LogP contribution in [0.2, 0.25) is 0 Å². The van der Waals surface area contributed by atoms with Crippen LogP contribution in [-0.2, 0) is 4.74 Å². The third kappa shape index (κ3) is 3.96. The van der Waals surface area contributed by atoms with Gasteiger partial charge in [0.05, 0.1) is 5.56 Å². The Labute approximate surface area is 125 Å². The van der Waals surface area contributed by atoms with Gasteiger partial charge in [-0.2, -0.15) is 0 Å². The Morgan fingerprint density at radius 2 is 2.05 bits per heavy atom. The molecule has 0 atom stereocenters. The van der Waals surface area contributed by atoms with Crippen LogP contribution in [0.4, 0.5) is 0 Å². The largest absolute Gasteiger partial charge is 0.381 e. The highest BCUT2D eigenvalue weighted by atomic mass is 16.5. The van der Waals surface area contributed by atoms with E-state index in [1.165, 1.54) is 0 Å². The molecular formula is C18H21NO2. The van der Waals surface area contributed by atoms with Crippen molar-refractivity contribution in [2.75, 3.05) is 13.2 Å². The molecule has 0 aliphatic rings. The average Bonchev–Trinajstić information content (AvgIpc) is 2.49. The van der Waals surface area contributed by atoms with E-state index in [2.05, 4.69) is 23.7 Å². The van der Waals surface area contributed by atoms with Gasteiger partial charge in [0.15, 0.2) is 0 Å². The molecule has 0 unspecified atom stereocenters. The molecule has 1 N–H and O–H groups in total. The normalized spacial score (nSPS) is 10.4. The third-order valence-corrected chi connectivity index (χ3v) is 3.33. The first-order valence-electron chi connectivity index (χ1n) is 7.42. The Balaban J connectivity index is 2.11. The number of pyridine rings is 1. The van der Waals surface area contributed by atoms with E-state index in [1.54, 1.807) is 0 Å². The molecule has 2 rings (SSSR count). The molecule has 0 spiro atoms. The van der Waals surface area contributed by atoms with Crippen molar-refractivity contribution < 1.29 is 4.74 Å². The lowest BCUT2D eigenvalue weighted by Gasteiger charge is -2.03. The zero-order chi connectivity index (χ0) is 15.1. The van der Waals surface area contributed by atoms with Crippen LogP contribution in [0.3, 0.4) is 0 Å². The highest BCUT2D eigenvalue weighted by Gasteiger charge is 2.05. The van der Waals surface area contributed by atoms with Crippen molar-refractivity contribution >= 4 is 10.9 Å². The number of nitrogens with one attached hydrogen (secondary N) is 1. The Kier molecular flexibility index (Phi) is 5.59. The van der Waals surface area contributed by atoms with Gasteiger partial charge in [0.2, 0.25) is 0 Å². The number of fused-ring (bicyclic) bond motifs is 1. The van der Waals surface area contributed by atoms with Crippen LogP contribution in [0.1, 0.15) is 37.3 Å². The lowest BCUT2D eigenvalue weighted by atomic mass is 10.1. The monoisotopic (exact) mass is 283 g/mol. The summed E-state index contributed by atoms with van der Waals surface area (Å²) >= 11 is 0. The Bertz CT molecular complexity index is 719. The molecule has 1 heterocycles. The Hall–Kier alpha value is -2.05. The summed E-state index contributed by atoms with van der Waals surface area (Å²) in [7, 11) is 0. The fourth-order valence-electron chi connectivity index (χ4n) is 2.22. The van der Waals surface area contributed by atoms with Crippen LogP contribution < -0.4 is 5.56 Å². The van der Waals surface area contributed by atoms with Gasteiger partial charge in [-0.05, 0) is 31.4 Å². The van der Waals surface area contributed by atoms with E-state index >= 15 is 0 Å². The second kappa shape index (κ2) is 7.66. The van der Waals surface area contributed by atoms with E-state index in [0.717, 1.165) is 48.9 Å². The molecular weight excluding hydrogens is 262 g/mol. The molecule has 0 aliphatic carbocycles. The zero-order valence-electron chi connectivity index (χ0n) is 12.7. The third-order valence-electron chi connectivity index (χ3n) is 3.33. The smallest absolute Gasteiger partial charge is 0.264 e. The van der Waals surface area contributed by atoms with Crippen molar-refractivity contribution in [2.24, 2.45) is 0 Å². The molecule has 1 aromatic heterocycles. The van der Waals surface area contributed by atoms with E-state index in [-0.39, 0.29) is 5.56 Å². The van der Waals surface area contributed by atoms with Crippen LogP contribution >= 0.6 is 0 Å². The molecule has 0 aliphatic heterocycles. The number of hydrogen-bond acceptors (Lipinski definition) is 2. The molecule has 110 valence electrons. The lowest BCUT2D eigenvalue weighted by molar-refractivity contribution is 0.133. The fraction of sp³-hybridized carbons (Fsp3) is 0.389. The molecule has 0 bridgehead atoms. The summed E-state index contributed by atoms with van der Waals surface area (Å²) in [4.78, 5) is 15.0. The molecule has 2 aromatic rings. The first-order chi connectivity index (χ1) is 10.2. The van der Waals surface area contributed by atoms with Crippen LogP contribution in [0.5, 0.6) is 0 Å². The van der Waals surface area contributed by atoms with Gasteiger partial charge >= 0.3 is 0 Å². The van der Waals surface area contributed by atoms with Crippen LogP contribution in [0.15, 0.2) is 29.1 Å². The molecule has 0 saturated carbocycles. The standard InChI is InChI=1S/C18H21NO2/c1-3-12-21-13-8-4-5-10-16-14(2)15-9-6-7-11-17(15)19-18(16)20/h6-7,9,11H,3-4,8,12-13H2,1-2H3,(H,19,20). The molecule has 0 amide bonds. The SMILES string of the molecule is CCCOCCCC#Cc1c(C)c2ccccc2[nH]c1=O. The van der Waals surface area contributed by atoms with Gasteiger partial charge in [0.1, 0.15) is 0 Å². The summed E-state index contributed by atoms with van der Waals surface area (Å²) in [6, 6.07) is 7.80. The molecule has 0 fully saturated rings. The van der Waals surface area contributed by atoms with Gasteiger partial charge in [-0.1, -0.05) is 37.0 Å². The maximum atomic E-state index is 12.1. The van der Waals surface area contributed by atoms with E-state index in [1.807, 2.05) is 31.2 Å². The van der Waals surface area contributed by atoms with E-state index in [0.29, 0.717) is 5.56 Å². The lowest BCUT2D eigenvalue weighted by Crippen LogP contribution is -2.12. The minimum atomic E-state index is -0.110. The summed E-state index contributed by atoms with van der Waals surface area (Å²) in [5.74, 6) is 6.09. The van der Waals surface area contributed by atoms with Gasteiger partial charge in [0.25, 0.3) is 5.56 Å². The number of benzene rings is 1. The molecule has 3 nitrogen and oxygen atoms in total. The summed E-state index contributed by atoms with van der Waals surface area (Å²) in [5, 5.41) is 1.05. The van der Waals surface area contributed by atoms with E-state index in [4.69, 9.17) is 4.74 Å². The van der Waals surface area contributed by atoms with E-state index < -0.39 is 0 Å². The van der Waals surface area contributed by atoms with Crippen molar-refractivity contribution in [1.29, 1.82) is 0 Å². The summed E-state index contributed by atoms with van der Waals surface area (Å²) in [6.45, 7) is 5.58. The molecule has 21 heavy (non-hydrogen) atoms. The molecule has 0 radical (unpaired) electrons. The summed E-state index contributed by atoms with van der Waals surface area (Å²) < 4.78 is 5.40. The number of para-hydroxylation sites is 1. The van der Waals surface area contributed by atoms with Crippen molar-refractivity contribution in [3.8, 4) is 11.8 Å². The Morgan fingerprint density at radius 1 is 1.24 bits per heavy atom. The number of ether oxygens (including phenoxy) is 1. The van der Waals surface area contributed by atoms with E-state index in [9.17, 15) is 4.79 Å². The minimum Gasteiger partial charge on any atom is -0.381 e. The minimum absolute atomic E-state index is 0.110. The summed E-state index contributed by atoms with van der Waals surface area (Å²) in [6.07, 6.45) is 2.68. The fourth-order valence-corrected chi connectivity index (χ4v) is 2.22. The van der Waals surface area contributed by atoms with Crippen molar-refractivity contribution in [3.63, 3.8) is 0 Å². The maximum Gasteiger partial charge on any atom is 0.264 e. The highest BCUT2D eigenvalue weighted by Crippen LogP contribution is 2.16. The zero-order valence-corrected chi connectivity index (χ0v) is 12.7. The number of H-pyrrole nitrogens is 1. The van der Waals surface area contributed by atoms with Crippen molar-refractivity contribution in [1.82, 2.24) is 4.98 Å².